The summed E-state index contributed by atoms with van der Waals surface area (Å²) in [6, 6.07) is 9.45. The first-order valence-corrected chi connectivity index (χ1v) is 5.49. The zero-order valence-electron chi connectivity index (χ0n) is 9.68. The summed E-state index contributed by atoms with van der Waals surface area (Å²) in [6.45, 7) is 4.05. The van der Waals surface area contributed by atoms with Gasteiger partial charge in [-0.15, -0.1) is 0 Å². The minimum atomic E-state index is -4.29. The summed E-state index contributed by atoms with van der Waals surface area (Å²) in [4.78, 5) is 0. The lowest BCUT2D eigenvalue weighted by atomic mass is 9.97. The summed E-state index contributed by atoms with van der Waals surface area (Å²) < 4.78 is 38.3. The van der Waals surface area contributed by atoms with Gasteiger partial charge in [-0.2, -0.15) is 13.2 Å². The SMILES string of the molecule is CC(C)c1ccc2c(C(F)(F)F)cccc2c1. The number of halogens is 3. The minimum Gasteiger partial charge on any atom is -0.166 e. The fraction of sp³-hybridized carbons (Fsp3) is 0.286. The molecule has 17 heavy (non-hydrogen) atoms. The lowest BCUT2D eigenvalue weighted by molar-refractivity contribution is -0.136. The van der Waals surface area contributed by atoms with Crippen LogP contribution in [0, 0.1) is 0 Å². The van der Waals surface area contributed by atoms with Crippen LogP contribution in [0.3, 0.4) is 0 Å². The number of hydrogen-bond acceptors (Lipinski definition) is 0. The fourth-order valence-electron chi connectivity index (χ4n) is 1.91. The largest absolute Gasteiger partial charge is 0.417 e. The number of benzene rings is 2. The minimum absolute atomic E-state index is 0.268. The smallest absolute Gasteiger partial charge is 0.166 e. The first-order chi connectivity index (χ1) is 7.89. The van der Waals surface area contributed by atoms with Crippen LogP contribution in [0.25, 0.3) is 10.8 Å². The van der Waals surface area contributed by atoms with Crippen LogP contribution in [-0.4, -0.2) is 0 Å². The summed E-state index contributed by atoms with van der Waals surface area (Å²) in [5.74, 6) is 0.314. The van der Waals surface area contributed by atoms with E-state index in [-0.39, 0.29) is 5.39 Å². The van der Waals surface area contributed by atoms with Gasteiger partial charge in [0.05, 0.1) is 5.56 Å². The van der Waals surface area contributed by atoms with Crippen molar-refractivity contribution in [2.45, 2.75) is 25.9 Å². The lowest BCUT2D eigenvalue weighted by Gasteiger charge is -2.12. The molecule has 0 bridgehead atoms. The van der Waals surface area contributed by atoms with E-state index in [1.165, 1.54) is 6.07 Å². The Morgan fingerprint density at radius 1 is 1.00 bits per heavy atom. The van der Waals surface area contributed by atoms with Gasteiger partial charge >= 0.3 is 6.18 Å². The molecule has 2 aromatic rings. The molecule has 3 heteroatoms. The van der Waals surface area contributed by atoms with Gasteiger partial charge in [-0.3, -0.25) is 0 Å². The summed E-state index contributed by atoms with van der Waals surface area (Å²) in [5, 5.41) is 0.912. The molecule has 0 atom stereocenters. The van der Waals surface area contributed by atoms with Gasteiger partial charge in [-0.25, -0.2) is 0 Å². The zero-order valence-corrected chi connectivity index (χ0v) is 9.68. The predicted octanol–water partition coefficient (Wildman–Crippen LogP) is 4.98. The Morgan fingerprint density at radius 2 is 1.71 bits per heavy atom. The van der Waals surface area contributed by atoms with Gasteiger partial charge in [0.25, 0.3) is 0 Å². The van der Waals surface area contributed by atoms with Crippen LogP contribution < -0.4 is 0 Å². The van der Waals surface area contributed by atoms with Crippen LogP contribution in [0.1, 0.15) is 30.9 Å². The quantitative estimate of drug-likeness (QED) is 0.657. The normalized spacial score (nSPS) is 12.4. The van der Waals surface area contributed by atoms with E-state index in [0.717, 1.165) is 11.6 Å². The van der Waals surface area contributed by atoms with Gasteiger partial charge < -0.3 is 0 Å². The van der Waals surface area contributed by atoms with Gasteiger partial charge in [-0.05, 0) is 28.3 Å². The van der Waals surface area contributed by atoms with E-state index in [1.807, 2.05) is 19.9 Å². The van der Waals surface area contributed by atoms with E-state index in [1.54, 1.807) is 18.2 Å². The third-order valence-corrected chi connectivity index (χ3v) is 2.88. The molecule has 0 nitrogen and oxygen atoms in total. The van der Waals surface area contributed by atoms with Crippen LogP contribution in [0.15, 0.2) is 36.4 Å². The fourth-order valence-corrected chi connectivity index (χ4v) is 1.91. The Morgan fingerprint density at radius 3 is 2.29 bits per heavy atom. The topological polar surface area (TPSA) is 0 Å². The van der Waals surface area contributed by atoms with Gasteiger partial charge in [0.1, 0.15) is 0 Å². The Kier molecular flexibility index (Phi) is 2.86. The first-order valence-electron chi connectivity index (χ1n) is 5.49. The van der Waals surface area contributed by atoms with Gasteiger partial charge in [0.2, 0.25) is 0 Å². The summed E-state index contributed by atoms with van der Waals surface area (Å²) in [5.41, 5.74) is 0.488. The van der Waals surface area contributed by atoms with Gasteiger partial charge in [0, 0.05) is 0 Å². The standard InChI is InChI=1S/C14H13F3/c1-9(2)10-6-7-12-11(8-10)4-3-5-13(12)14(15,16)17/h3-9H,1-2H3. The zero-order chi connectivity index (χ0) is 12.6. The highest BCUT2D eigenvalue weighted by Gasteiger charge is 2.32. The van der Waals surface area contributed by atoms with Crippen LogP contribution in [-0.2, 0) is 6.18 Å². The molecule has 2 rings (SSSR count). The molecular weight excluding hydrogens is 225 g/mol. The van der Waals surface area contributed by atoms with Crippen molar-refractivity contribution in [2.24, 2.45) is 0 Å². The molecule has 0 saturated heterocycles. The van der Waals surface area contributed by atoms with Crippen LogP contribution in [0.2, 0.25) is 0 Å². The summed E-state index contributed by atoms with van der Waals surface area (Å²) in [7, 11) is 0. The van der Waals surface area contributed by atoms with E-state index in [2.05, 4.69) is 0 Å². The van der Waals surface area contributed by atoms with E-state index in [9.17, 15) is 13.2 Å². The third kappa shape index (κ3) is 2.28. The van der Waals surface area contributed by atoms with Crippen molar-refractivity contribution in [3.63, 3.8) is 0 Å². The second kappa shape index (κ2) is 4.06. The Hall–Kier alpha value is -1.51. The highest BCUT2D eigenvalue weighted by atomic mass is 19.4. The predicted molar refractivity (Wildman–Crippen MR) is 63.0 cm³/mol. The van der Waals surface area contributed by atoms with E-state index in [4.69, 9.17) is 0 Å². The van der Waals surface area contributed by atoms with Gasteiger partial charge in [-0.1, -0.05) is 44.2 Å². The van der Waals surface area contributed by atoms with E-state index >= 15 is 0 Å². The molecule has 2 aromatic carbocycles. The molecule has 0 saturated carbocycles. The maximum atomic E-state index is 12.8. The van der Waals surface area contributed by atoms with Gasteiger partial charge in [0.15, 0.2) is 0 Å². The Balaban J connectivity index is 2.67. The molecule has 0 unspecified atom stereocenters. The van der Waals surface area contributed by atoms with E-state index < -0.39 is 11.7 Å². The van der Waals surface area contributed by atoms with Crippen molar-refractivity contribution in [3.05, 3.63) is 47.5 Å². The second-order valence-electron chi connectivity index (χ2n) is 4.44. The number of hydrogen-bond donors (Lipinski definition) is 0. The maximum absolute atomic E-state index is 12.8. The average Bonchev–Trinajstić information content (AvgIpc) is 2.26. The molecule has 0 heterocycles. The molecule has 0 aliphatic rings. The van der Waals surface area contributed by atoms with Crippen molar-refractivity contribution in [1.29, 1.82) is 0 Å². The molecule has 0 aliphatic carbocycles. The molecule has 0 spiro atoms. The van der Waals surface area contributed by atoms with E-state index in [0.29, 0.717) is 11.3 Å². The third-order valence-electron chi connectivity index (χ3n) is 2.88. The number of rotatable bonds is 1. The Labute approximate surface area is 98.1 Å². The molecule has 0 aromatic heterocycles. The van der Waals surface area contributed by atoms with Crippen LogP contribution in [0.4, 0.5) is 13.2 Å². The molecule has 0 radical (unpaired) electrons. The molecule has 0 fully saturated rings. The van der Waals surface area contributed by atoms with Crippen molar-refractivity contribution in [3.8, 4) is 0 Å². The average molecular weight is 238 g/mol. The first kappa shape index (κ1) is 12.0. The monoisotopic (exact) mass is 238 g/mol. The highest BCUT2D eigenvalue weighted by molar-refractivity contribution is 5.86. The van der Waals surface area contributed by atoms with Crippen LogP contribution >= 0.6 is 0 Å². The van der Waals surface area contributed by atoms with Crippen LogP contribution in [0.5, 0.6) is 0 Å². The molecule has 0 N–H and O–H groups in total. The molecule has 0 aliphatic heterocycles. The second-order valence-corrected chi connectivity index (χ2v) is 4.44. The highest BCUT2D eigenvalue weighted by Crippen LogP contribution is 2.35. The summed E-state index contributed by atoms with van der Waals surface area (Å²) in [6.07, 6.45) is -4.29. The van der Waals surface area contributed by atoms with Crippen molar-refractivity contribution in [2.75, 3.05) is 0 Å². The summed E-state index contributed by atoms with van der Waals surface area (Å²) >= 11 is 0. The number of alkyl halides is 3. The van der Waals surface area contributed by atoms with Crippen molar-refractivity contribution < 1.29 is 13.2 Å². The van der Waals surface area contributed by atoms with Crippen molar-refractivity contribution in [1.82, 2.24) is 0 Å². The maximum Gasteiger partial charge on any atom is 0.417 e. The molecule has 0 amide bonds. The van der Waals surface area contributed by atoms with Crippen molar-refractivity contribution >= 4 is 10.8 Å². The Bertz CT molecular complexity index is 539. The number of fused-ring (bicyclic) bond motifs is 1. The lowest BCUT2D eigenvalue weighted by Crippen LogP contribution is -2.05. The molecular formula is C14H13F3. The molecule has 90 valence electrons.